The lowest BCUT2D eigenvalue weighted by Gasteiger charge is -2.10. The quantitative estimate of drug-likeness (QED) is 0.781. The molecule has 0 radical (unpaired) electrons. The fourth-order valence-corrected chi connectivity index (χ4v) is 2.25. The smallest absolute Gasteiger partial charge is 0.223 e. The van der Waals surface area contributed by atoms with Crippen LogP contribution in [0.2, 0.25) is 0 Å². The standard InChI is InChI=1S/C16H18N4O/c1-2-20-11-14(10-18-20)21-16-13(7-8-17)9-12-5-3-4-6-15(12)19-16/h3-6,9-11H,2,7-8,17H2,1H3. The van der Waals surface area contributed by atoms with E-state index in [9.17, 15) is 0 Å². The van der Waals surface area contributed by atoms with Crippen LogP contribution in [-0.4, -0.2) is 21.3 Å². The molecular formula is C16H18N4O. The van der Waals surface area contributed by atoms with Crippen LogP contribution in [0.15, 0.2) is 42.7 Å². The van der Waals surface area contributed by atoms with Crippen molar-refractivity contribution in [3.05, 3.63) is 48.3 Å². The zero-order chi connectivity index (χ0) is 14.7. The van der Waals surface area contributed by atoms with Crippen molar-refractivity contribution >= 4 is 10.9 Å². The number of nitrogens with two attached hydrogens (primary N) is 1. The molecule has 0 bridgehead atoms. The maximum atomic E-state index is 5.90. The van der Waals surface area contributed by atoms with Crippen molar-refractivity contribution in [3.63, 3.8) is 0 Å². The SMILES string of the molecule is CCn1cc(Oc2nc3ccccc3cc2CCN)cn1. The van der Waals surface area contributed by atoms with Crippen molar-refractivity contribution in [1.29, 1.82) is 0 Å². The molecule has 2 N–H and O–H groups in total. The highest BCUT2D eigenvalue weighted by molar-refractivity contribution is 5.80. The van der Waals surface area contributed by atoms with E-state index in [0.29, 0.717) is 18.2 Å². The van der Waals surface area contributed by atoms with Crippen LogP contribution in [0.25, 0.3) is 10.9 Å². The summed E-state index contributed by atoms with van der Waals surface area (Å²) < 4.78 is 7.72. The maximum Gasteiger partial charge on any atom is 0.223 e. The van der Waals surface area contributed by atoms with Gasteiger partial charge in [0, 0.05) is 17.5 Å². The highest BCUT2D eigenvalue weighted by Gasteiger charge is 2.10. The normalized spacial score (nSPS) is 11.0. The second-order valence-electron chi connectivity index (χ2n) is 4.82. The molecule has 0 saturated heterocycles. The van der Waals surface area contributed by atoms with Crippen LogP contribution in [0.1, 0.15) is 12.5 Å². The van der Waals surface area contributed by atoms with Gasteiger partial charge in [-0.15, -0.1) is 0 Å². The minimum absolute atomic E-state index is 0.560. The fraction of sp³-hybridized carbons (Fsp3) is 0.250. The molecular weight excluding hydrogens is 264 g/mol. The monoisotopic (exact) mass is 282 g/mol. The average molecular weight is 282 g/mol. The Morgan fingerprint density at radius 3 is 2.90 bits per heavy atom. The molecule has 5 heteroatoms. The van der Waals surface area contributed by atoms with Crippen molar-refractivity contribution in [2.24, 2.45) is 5.73 Å². The Hall–Kier alpha value is -2.40. The van der Waals surface area contributed by atoms with Gasteiger partial charge in [-0.05, 0) is 32.0 Å². The number of pyridine rings is 1. The molecule has 5 nitrogen and oxygen atoms in total. The van der Waals surface area contributed by atoms with Gasteiger partial charge in [0.05, 0.1) is 17.9 Å². The number of ether oxygens (including phenoxy) is 1. The van der Waals surface area contributed by atoms with Crippen LogP contribution in [0, 0.1) is 0 Å². The summed E-state index contributed by atoms with van der Waals surface area (Å²) in [5, 5.41) is 5.30. The first-order valence-electron chi connectivity index (χ1n) is 7.09. The number of para-hydroxylation sites is 1. The molecule has 3 rings (SSSR count). The van der Waals surface area contributed by atoms with Crippen molar-refractivity contribution in [2.75, 3.05) is 6.54 Å². The molecule has 0 aliphatic carbocycles. The average Bonchev–Trinajstić information content (AvgIpc) is 2.96. The first-order chi connectivity index (χ1) is 10.3. The highest BCUT2D eigenvalue weighted by Crippen LogP contribution is 2.27. The summed E-state index contributed by atoms with van der Waals surface area (Å²) in [5.74, 6) is 1.30. The maximum absolute atomic E-state index is 5.90. The highest BCUT2D eigenvalue weighted by atomic mass is 16.5. The molecule has 0 aliphatic rings. The van der Waals surface area contributed by atoms with Gasteiger partial charge in [0.2, 0.25) is 5.88 Å². The van der Waals surface area contributed by atoms with E-state index in [1.54, 1.807) is 6.20 Å². The van der Waals surface area contributed by atoms with Gasteiger partial charge in [-0.25, -0.2) is 4.98 Å². The number of rotatable bonds is 5. The molecule has 0 atom stereocenters. The molecule has 1 aromatic carbocycles. The summed E-state index contributed by atoms with van der Waals surface area (Å²) in [5.41, 5.74) is 7.62. The Morgan fingerprint density at radius 1 is 1.29 bits per heavy atom. The molecule has 0 spiro atoms. The molecule has 3 aromatic rings. The van der Waals surface area contributed by atoms with E-state index in [-0.39, 0.29) is 0 Å². The van der Waals surface area contributed by atoms with Crippen molar-refractivity contribution in [1.82, 2.24) is 14.8 Å². The van der Waals surface area contributed by atoms with Crippen molar-refractivity contribution in [2.45, 2.75) is 19.9 Å². The number of hydrogen-bond acceptors (Lipinski definition) is 4. The zero-order valence-electron chi connectivity index (χ0n) is 12.0. The number of benzene rings is 1. The Balaban J connectivity index is 2.00. The van der Waals surface area contributed by atoms with Gasteiger partial charge in [-0.1, -0.05) is 18.2 Å². The predicted octanol–water partition coefficient (Wildman–Crippen LogP) is 2.74. The Morgan fingerprint density at radius 2 is 2.14 bits per heavy atom. The van der Waals surface area contributed by atoms with Gasteiger partial charge in [-0.2, -0.15) is 5.10 Å². The number of aryl methyl sites for hydroxylation is 1. The molecule has 2 heterocycles. The Kier molecular flexibility index (Phi) is 3.83. The molecule has 2 aromatic heterocycles. The van der Waals surface area contributed by atoms with E-state index >= 15 is 0 Å². The zero-order valence-corrected chi connectivity index (χ0v) is 12.0. The molecule has 0 amide bonds. The third kappa shape index (κ3) is 2.87. The minimum Gasteiger partial charge on any atom is -0.435 e. The lowest BCUT2D eigenvalue weighted by Crippen LogP contribution is -2.05. The largest absolute Gasteiger partial charge is 0.435 e. The summed E-state index contributed by atoms with van der Waals surface area (Å²) in [7, 11) is 0. The lowest BCUT2D eigenvalue weighted by atomic mass is 10.1. The van der Waals surface area contributed by atoms with Gasteiger partial charge >= 0.3 is 0 Å². The topological polar surface area (TPSA) is 66.0 Å². The van der Waals surface area contributed by atoms with Crippen LogP contribution >= 0.6 is 0 Å². The molecule has 108 valence electrons. The third-order valence-corrected chi connectivity index (χ3v) is 3.32. The number of hydrogen-bond donors (Lipinski definition) is 1. The molecule has 0 fully saturated rings. The van der Waals surface area contributed by atoms with E-state index in [4.69, 9.17) is 10.5 Å². The van der Waals surface area contributed by atoms with Crippen LogP contribution < -0.4 is 10.5 Å². The van der Waals surface area contributed by atoms with Gasteiger partial charge in [-0.3, -0.25) is 4.68 Å². The van der Waals surface area contributed by atoms with Gasteiger partial charge < -0.3 is 10.5 Å². The second-order valence-corrected chi connectivity index (χ2v) is 4.82. The van der Waals surface area contributed by atoms with Crippen LogP contribution in [-0.2, 0) is 13.0 Å². The van der Waals surface area contributed by atoms with Gasteiger partial charge in [0.25, 0.3) is 0 Å². The summed E-state index contributed by atoms with van der Waals surface area (Å²) >= 11 is 0. The molecule has 0 aliphatic heterocycles. The van der Waals surface area contributed by atoms with E-state index in [1.165, 1.54) is 0 Å². The van der Waals surface area contributed by atoms with Crippen LogP contribution in [0.3, 0.4) is 0 Å². The van der Waals surface area contributed by atoms with Gasteiger partial charge in [0.15, 0.2) is 5.75 Å². The van der Waals surface area contributed by atoms with Crippen LogP contribution in [0.4, 0.5) is 0 Å². The Bertz CT molecular complexity index is 751. The first-order valence-corrected chi connectivity index (χ1v) is 7.09. The Labute approximate surface area is 123 Å². The van der Waals surface area contributed by atoms with E-state index in [1.807, 2.05) is 42.1 Å². The van der Waals surface area contributed by atoms with Crippen molar-refractivity contribution < 1.29 is 4.74 Å². The van der Waals surface area contributed by atoms with Crippen molar-refractivity contribution in [3.8, 4) is 11.6 Å². The van der Waals surface area contributed by atoms with Crippen LogP contribution in [0.5, 0.6) is 11.6 Å². The van der Waals surface area contributed by atoms with Gasteiger partial charge in [0.1, 0.15) is 0 Å². The predicted molar refractivity (Wildman–Crippen MR) is 82.5 cm³/mol. The fourth-order valence-electron chi connectivity index (χ4n) is 2.25. The molecule has 21 heavy (non-hydrogen) atoms. The molecule has 0 saturated carbocycles. The summed E-state index contributed by atoms with van der Waals surface area (Å²) in [6, 6.07) is 10.1. The number of nitrogens with zero attached hydrogens (tertiary/aromatic N) is 3. The lowest BCUT2D eigenvalue weighted by molar-refractivity contribution is 0.457. The minimum atomic E-state index is 0.560. The van der Waals surface area contributed by atoms with E-state index < -0.39 is 0 Å². The number of fused-ring (bicyclic) bond motifs is 1. The number of aromatic nitrogens is 3. The summed E-state index contributed by atoms with van der Waals surface area (Å²) in [4.78, 5) is 4.61. The molecule has 0 unspecified atom stereocenters. The second kappa shape index (κ2) is 5.93. The van der Waals surface area contributed by atoms with E-state index in [2.05, 4.69) is 16.1 Å². The summed E-state index contributed by atoms with van der Waals surface area (Å²) in [6.07, 6.45) is 4.30. The van der Waals surface area contributed by atoms with E-state index in [0.717, 1.165) is 29.4 Å². The summed E-state index contributed by atoms with van der Waals surface area (Å²) in [6.45, 7) is 3.40. The third-order valence-electron chi connectivity index (χ3n) is 3.32. The first kappa shape index (κ1) is 13.6.